The number of amides is 1. The molecule has 1 unspecified atom stereocenters. The van der Waals surface area contributed by atoms with Crippen LogP contribution in [0.5, 0.6) is 5.88 Å². The normalized spacial score (nSPS) is 16.7. The van der Waals surface area contributed by atoms with Gasteiger partial charge in [-0.25, -0.2) is 8.42 Å². The number of rotatable bonds is 7. The summed E-state index contributed by atoms with van der Waals surface area (Å²) in [5.74, 6) is 1.15. The third kappa shape index (κ3) is 5.08. The van der Waals surface area contributed by atoms with Crippen LogP contribution >= 0.6 is 0 Å². The van der Waals surface area contributed by atoms with Crippen molar-refractivity contribution in [1.29, 1.82) is 0 Å². The van der Waals surface area contributed by atoms with Crippen LogP contribution in [0.2, 0.25) is 0 Å². The zero-order chi connectivity index (χ0) is 21.9. The molecule has 8 nitrogen and oxygen atoms in total. The average Bonchev–Trinajstić information content (AvgIpc) is 3.17. The molecule has 1 amide bonds. The van der Waals surface area contributed by atoms with Gasteiger partial charge in [-0.2, -0.15) is 4.98 Å². The molecule has 9 heteroatoms. The number of carbonyl (C=O) groups is 1. The van der Waals surface area contributed by atoms with E-state index in [-0.39, 0.29) is 23.3 Å². The number of sulfone groups is 1. The fourth-order valence-corrected chi connectivity index (χ4v) is 4.25. The van der Waals surface area contributed by atoms with E-state index >= 15 is 0 Å². The average molecular weight is 433 g/mol. The summed E-state index contributed by atoms with van der Waals surface area (Å²) in [6.45, 7) is 4.42. The maximum Gasteiger partial charge on any atom is 0.234 e. The zero-order valence-electron chi connectivity index (χ0n) is 17.8. The minimum atomic E-state index is -3.31. The summed E-state index contributed by atoms with van der Waals surface area (Å²) < 4.78 is 30.3. The van der Waals surface area contributed by atoms with Crippen LogP contribution in [0, 0.1) is 0 Å². The van der Waals surface area contributed by atoms with Gasteiger partial charge < -0.3 is 14.5 Å². The van der Waals surface area contributed by atoms with Gasteiger partial charge in [0.05, 0.1) is 35.5 Å². The van der Waals surface area contributed by atoms with E-state index in [0.29, 0.717) is 24.8 Å². The third-order valence-corrected chi connectivity index (χ3v) is 7.24. The minimum Gasteiger partial charge on any atom is -0.471 e. The van der Waals surface area contributed by atoms with Crippen molar-refractivity contribution in [2.75, 3.05) is 32.1 Å². The summed E-state index contributed by atoms with van der Waals surface area (Å²) in [5, 5.41) is -0.477. The molecule has 0 radical (unpaired) electrons. The van der Waals surface area contributed by atoms with Crippen molar-refractivity contribution in [3.63, 3.8) is 0 Å². The Morgan fingerprint density at radius 3 is 2.57 bits per heavy atom. The van der Waals surface area contributed by atoms with Crippen LogP contribution in [0.15, 0.2) is 41.6 Å². The van der Waals surface area contributed by atoms with Crippen LogP contribution in [0.25, 0.3) is 0 Å². The second kappa shape index (κ2) is 8.99. The maximum absolute atomic E-state index is 12.7. The van der Waals surface area contributed by atoms with Gasteiger partial charge in [0, 0.05) is 27.1 Å². The molecule has 1 aliphatic rings. The van der Waals surface area contributed by atoms with Crippen molar-refractivity contribution in [3.8, 4) is 5.88 Å². The molecule has 1 saturated heterocycles. The lowest BCUT2D eigenvalue weighted by atomic mass is 10.1. The van der Waals surface area contributed by atoms with Crippen molar-refractivity contribution < 1.29 is 17.9 Å². The lowest BCUT2D eigenvalue weighted by molar-refractivity contribution is -0.129. The molecule has 3 rings (SSSR count). The molecule has 0 aliphatic carbocycles. The predicted molar refractivity (Wildman–Crippen MR) is 114 cm³/mol. The number of benzene rings is 1. The second-order valence-electron chi connectivity index (χ2n) is 7.89. The largest absolute Gasteiger partial charge is 0.471 e. The first-order valence-electron chi connectivity index (χ1n) is 9.93. The summed E-state index contributed by atoms with van der Waals surface area (Å²) in [6, 6.07) is 6.56. The smallest absolute Gasteiger partial charge is 0.234 e. The van der Waals surface area contributed by atoms with Gasteiger partial charge in [0.25, 0.3) is 0 Å². The molecule has 0 bridgehead atoms. The standard InChI is InChI=1S/C21H28N4O4S/c1-15(2)30(27,28)18-7-5-16(6-8-18)11-21(26)25-10-9-17(14-25)29-20-13-22-12-19(23-20)24(3)4/h5-8,12-13,15,17H,9-11,14H2,1-4H3. The number of aromatic nitrogens is 2. The molecular formula is C21H28N4O4S. The summed E-state index contributed by atoms with van der Waals surface area (Å²) in [7, 11) is 0.458. The Hall–Kier alpha value is -2.68. The lowest BCUT2D eigenvalue weighted by Gasteiger charge is -2.18. The fourth-order valence-electron chi connectivity index (χ4n) is 3.19. The number of ether oxygens (including phenoxy) is 1. The number of hydrogen-bond acceptors (Lipinski definition) is 7. The lowest BCUT2D eigenvalue weighted by Crippen LogP contribution is -2.32. The Morgan fingerprint density at radius 2 is 1.93 bits per heavy atom. The molecule has 2 aromatic rings. The molecule has 1 aromatic heterocycles. The van der Waals surface area contributed by atoms with Gasteiger partial charge in [-0.3, -0.25) is 9.78 Å². The van der Waals surface area contributed by atoms with E-state index < -0.39 is 15.1 Å². The summed E-state index contributed by atoms with van der Waals surface area (Å²) in [4.78, 5) is 25.1. The van der Waals surface area contributed by atoms with E-state index in [1.165, 1.54) is 0 Å². The molecule has 1 fully saturated rings. The third-order valence-electron chi connectivity index (χ3n) is 5.07. The summed E-state index contributed by atoms with van der Waals surface area (Å²) in [5.41, 5.74) is 0.789. The molecule has 0 saturated carbocycles. The topological polar surface area (TPSA) is 92.7 Å². The van der Waals surface area contributed by atoms with E-state index in [1.807, 2.05) is 19.0 Å². The molecule has 1 aliphatic heterocycles. The highest BCUT2D eigenvalue weighted by Gasteiger charge is 2.28. The van der Waals surface area contributed by atoms with Crippen molar-refractivity contribution in [3.05, 3.63) is 42.2 Å². The number of anilines is 1. The van der Waals surface area contributed by atoms with Crippen molar-refractivity contribution >= 4 is 21.6 Å². The van der Waals surface area contributed by atoms with Gasteiger partial charge in [0.15, 0.2) is 15.7 Å². The van der Waals surface area contributed by atoms with E-state index in [1.54, 1.807) is 55.4 Å². The monoisotopic (exact) mass is 432 g/mol. The predicted octanol–water partition coefficient (Wildman–Crippen LogP) is 1.95. The van der Waals surface area contributed by atoms with Gasteiger partial charge in [-0.05, 0) is 31.5 Å². The first-order chi connectivity index (χ1) is 14.2. The van der Waals surface area contributed by atoms with Gasteiger partial charge in [-0.1, -0.05) is 12.1 Å². The van der Waals surface area contributed by atoms with Crippen LogP contribution in [-0.4, -0.2) is 67.7 Å². The minimum absolute atomic E-state index is 0.00584. The van der Waals surface area contributed by atoms with Gasteiger partial charge in [0.2, 0.25) is 11.8 Å². The number of likely N-dealkylation sites (tertiary alicyclic amines) is 1. The van der Waals surface area contributed by atoms with E-state index in [0.717, 1.165) is 12.0 Å². The number of hydrogen-bond donors (Lipinski definition) is 0. The highest BCUT2D eigenvalue weighted by atomic mass is 32.2. The van der Waals surface area contributed by atoms with Crippen LogP contribution < -0.4 is 9.64 Å². The fraction of sp³-hybridized carbons (Fsp3) is 0.476. The Labute approximate surface area is 177 Å². The van der Waals surface area contributed by atoms with Gasteiger partial charge in [0.1, 0.15) is 6.10 Å². The highest BCUT2D eigenvalue weighted by molar-refractivity contribution is 7.92. The summed E-state index contributed by atoms with van der Waals surface area (Å²) in [6.07, 6.45) is 4.06. The maximum atomic E-state index is 12.7. The molecule has 1 aromatic carbocycles. The van der Waals surface area contributed by atoms with E-state index in [9.17, 15) is 13.2 Å². The summed E-state index contributed by atoms with van der Waals surface area (Å²) >= 11 is 0. The molecule has 0 spiro atoms. The molecule has 1 atom stereocenters. The van der Waals surface area contributed by atoms with Crippen LogP contribution in [0.1, 0.15) is 25.8 Å². The highest BCUT2D eigenvalue weighted by Crippen LogP contribution is 2.20. The molecule has 30 heavy (non-hydrogen) atoms. The second-order valence-corrected chi connectivity index (χ2v) is 10.4. The molecule has 162 valence electrons. The molecule has 0 N–H and O–H groups in total. The Balaban J connectivity index is 1.57. The Bertz CT molecular complexity index is 990. The van der Waals surface area contributed by atoms with E-state index in [4.69, 9.17) is 4.74 Å². The number of carbonyl (C=O) groups excluding carboxylic acids is 1. The first kappa shape index (κ1) is 22.0. The van der Waals surface area contributed by atoms with Crippen molar-refractivity contribution in [1.82, 2.24) is 14.9 Å². The van der Waals surface area contributed by atoms with Crippen LogP contribution in [-0.2, 0) is 21.1 Å². The molecule has 2 heterocycles. The SMILES string of the molecule is CC(C)S(=O)(=O)c1ccc(CC(=O)N2CCC(Oc3cncc(N(C)C)n3)C2)cc1. The van der Waals surface area contributed by atoms with Crippen molar-refractivity contribution in [2.45, 2.75) is 42.9 Å². The van der Waals surface area contributed by atoms with Gasteiger partial charge in [-0.15, -0.1) is 0 Å². The van der Waals surface area contributed by atoms with Crippen LogP contribution in [0.3, 0.4) is 0 Å². The zero-order valence-corrected chi connectivity index (χ0v) is 18.6. The Kier molecular flexibility index (Phi) is 6.60. The Morgan fingerprint density at radius 1 is 1.23 bits per heavy atom. The van der Waals surface area contributed by atoms with E-state index in [2.05, 4.69) is 9.97 Å². The van der Waals surface area contributed by atoms with Gasteiger partial charge >= 0.3 is 0 Å². The molecular weight excluding hydrogens is 404 g/mol. The van der Waals surface area contributed by atoms with Crippen molar-refractivity contribution in [2.24, 2.45) is 0 Å². The van der Waals surface area contributed by atoms with Crippen LogP contribution in [0.4, 0.5) is 5.82 Å². The quantitative estimate of drug-likeness (QED) is 0.660. The number of nitrogens with zero attached hydrogens (tertiary/aromatic N) is 4. The first-order valence-corrected chi connectivity index (χ1v) is 11.5.